The van der Waals surface area contributed by atoms with Gasteiger partial charge in [0.25, 0.3) is 0 Å². The van der Waals surface area contributed by atoms with Gasteiger partial charge in [0.2, 0.25) is 5.91 Å². The maximum Gasteiger partial charge on any atom is 0.243 e. The van der Waals surface area contributed by atoms with E-state index in [1.807, 2.05) is 17.9 Å². The van der Waals surface area contributed by atoms with Crippen LogP contribution < -0.4 is 10.2 Å². The highest BCUT2D eigenvalue weighted by molar-refractivity contribution is 5.87. The second-order valence-electron chi connectivity index (χ2n) is 5.33. The minimum Gasteiger partial charge on any atom is -0.371 e. The van der Waals surface area contributed by atoms with Crippen molar-refractivity contribution in [3.8, 4) is 0 Å². The minimum atomic E-state index is -0.834. The van der Waals surface area contributed by atoms with E-state index in [0.29, 0.717) is 18.2 Å². The van der Waals surface area contributed by atoms with Crippen LogP contribution in [-0.2, 0) is 4.79 Å². The van der Waals surface area contributed by atoms with Crippen molar-refractivity contribution in [1.29, 1.82) is 0 Å². The molecular weight excluding hydrogens is 286 g/mol. The van der Waals surface area contributed by atoms with Gasteiger partial charge in [0.15, 0.2) is 11.6 Å². The Morgan fingerprint density at radius 2 is 2.18 bits per heavy atom. The summed E-state index contributed by atoms with van der Waals surface area (Å²) in [5.41, 5.74) is 0.681. The molecule has 1 atom stereocenters. The van der Waals surface area contributed by atoms with Crippen LogP contribution in [0.25, 0.3) is 0 Å². The molecule has 0 unspecified atom stereocenters. The van der Waals surface area contributed by atoms with Crippen molar-refractivity contribution in [2.45, 2.75) is 13.3 Å². The normalized spacial score (nSPS) is 18.5. The molecule has 5 heteroatoms. The first-order valence-electron chi connectivity index (χ1n) is 7.37. The van der Waals surface area contributed by atoms with Gasteiger partial charge in [-0.15, -0.1) is 0 Å². The van der Waals surface area contributed by atoms with Crippen molar-refractivity contribution < 1.29 is 13.6 Å². The number of halogens is 2. The second-order valence-corrected chi connectivity index (χ2v) is 5.33. The Hall–Kier alpha value is -2.17. The smallest absolute Gasteiger partial charge is 0.243 e. The number of hydrogen-bond donors (Lipinski definition) is 1. The predicted octanol–water partition coefficient (Wildman–Crippen LogP) is 3.04. The van der Waals surface area contributed by atoms with Gasteiger partial charge >= 0.3 is 0 Å². The number of carbonyl (C=O) groups is 1. The molecule has 1 fully saturated rings. The number of allylic oxidation sites excluding steroid dienone is 3. The van der Waals surface area contributed by atoms with Crippen molar-refractivity contribution in [2.75, 3.05) is 24.5 Å². The number of nitrogens with one attached hydrogen (secondary N) is 1. The molecule has 1 N–H and O–H groups in total. The molecule has 0 radical (unpaired) electrons. The maximum absolute atomic E-state index is 13.3. The van der Waals surface area contributed by atoms with Gasteiger partial charge in [0.1, 0.15) is 0 Å². The highest BCUT2D eigenvalue weighted by atomic mass is 19.2. The van der Waals surface area contributed by atoms with Crippen LogP contribution >= 0.6 is 0 Å². The summed E-state index contributed by atoms with van der Waals surface area (Å²) in [6.07, 6.45) is 7.73. The van der Waals surface area contributed by atoms with Crippen molar-refractivity contribution in [3.63, 3.8) is 0 Å². The Morgan fingerprint density at radius 3 is 2.91 bits per heavy atom. The van der Waals surface area contributed by atoms with Gasteiger partial charge in [-0.25, -0.2) is 8.78 Å². The third kappa shape index (κ3) is 4.41. The summed E-state index contributed by atoms with van der Waals surface area (Å²) in [6, 6.07) is 3.95. The van der Waals surface area contributed by atoms with Gasteiger partial charge in [0, 0.05) is 37.5 Å². The van der Waals surface area contributed by atoms with Gasteiger partial charge < -0.3 is 10.2 Å². The summed E-state index contributed by atoms with van der Waals surface area (Å²) < 4.78 is 26.2. The van der Waals surface area contributed by atoms with E-state index < -0.39 is 11.6 Å². The van der Waals surface area contributed by atoms with Crippen molar-refractivity contribution >= 4 is 11.6 Å². The van der Waals surface area contributed by atoms with E-state index >= 15 is 0 Å². The number of hydrogen-bond acceptors (Lipinski definition) is 2. The highest BCUT2D eigenvalue weighted by Crippen LogP contribution is 2.24. The van der Waals surface area contributed by atoms with Crippen LogP contribution in [0.1, 0.15) is 13.3 Å². The van der Waals surface area contributed by atoms with Crippen LogP contribution in [0.5, 0.6) is 0 Å². The monoisotopic (exact) mass is 306 g/mol. The molecule has 1 saturated heterocycles. The van der Waals surface area contributed by atoms with Gasteiger partial charge in [-0.2, -0.15) is 0 Å². The summed E-state index contributed by atoms with van der Waals surface area (Å²) in [7, 11) is 0. The van der Waals surface area contributed by atoms with Gasteiger partial charge in [-0.3, -0.25) is 4.79 Å². The summed E-state index contributed by atoms with van der Waals surface area (Å²) in [4.78, 5) is 13.6. The zero-order valence-corrected chi connectivity index (χ0v) is 12.6. The molecule has 0 bridgehead atoms. The molecule has 1 aromatic carbocycles. The van der Waals surface area contributed by atoms with E-state index in [4.69, 9.17) is 0 Å². The van der Waals surface area contributed by atoms with Crippen molar-refractivity contribution in [1.82, 2.24) is 5.32 Å². The molecule has 1 heterocycles. The maximum atomic E-state index is 13.3. The molecule has 0 aromatic heterocycles. The molecule has 22 heavy (non-hydrogen) atoms. The summed E-state index contributed by atoms with van der Waals surface area (Å²) >= 11 is 0. The summed E-state index contributed by atoms with van der Waals surface area (Å²) in [6.45, 7) is 3.97. The number of benzene rings is 1. The molecule has 0 aliphatic carbocycles. The summed E-state index contributed by atoms with van der Waals surface area (Å²) in [5, 5.41) is 2.86. The standard InChI is InChI=1S/C17H20F2N2O/c1-2-3-4-5-17(22)20-11-13-8-9-21(12-13)14-6-7-15(18)16(19)10-14/h2-7,10,13H,8-9,11-12H2,1H3,(H,20,22)/b3-2+,5-4-/t13-/m0/s1. The first-order valence-corrected chi connectivity index (χ1v) is 7.37. The molecule has 118 valence electrons. The fourth-order valence-electron chi connectivity index (χ4n) is 2.47. The summed E-state index contributed by atoms with van der Waals surface area (Å²) in [5.74, 6) is -1.47. The van der Waals surface area contributed by atoms with Gasteiger partial charge in [0.05, 0.1) is 0 Å². The molecule has 0 saturated carbocycles. The second kappa shape index (κ2) is 7.73. The largest absolute Gasteiger partial charge is 0.371 e. The number of carbonyl (C=O) groups excluding carboxylic acids is 1. The van der Waals surface area contributed by atoms with E-state index in [9.17, 15) is 13.6 Å². The Balaban J connectivity index is 1.82. The highest BCUT2D eigenvalue weighted by Gasteiger charge is 2.23. The Bertz CT molecular complexity index is 584. The van der Waals surface area contributed by atoms with Crippen LogP contribution in [-0.4, -0.2) is 25.5 Å². The SMILES string of the molecule is C/C=C/C=C\C(=O)NC[C@@H]1CCN(c2ccc(F)c(F)c2)C1. The van der Waals surface area contributed by atoms with E-state index in [-0.39, 0.29) is 5.91 Å². The van der Waals surface area contributed by atoms with Crippen molar-refractivity contribution in [2.24, 2.45) is 5.92 Å². The van der Waals surface area contributed by atoms with E-state index in [0.717, 1.165) is 25.6 Å². The first-order chi connectivity index (χ1) is 10.6. The zero-order chi connectivity index (χ0) is 15.9. The number of anilines is 1. The van der Waals surface area contributed by atoms with Gasteiger partial charge in [-0.1, -0.05) is 18.2 Å². The van der Waals surface area contributed by atoms with E-state index in [1.165, 1.54) is 12.1 Å². The molecule has 1 aliphatic heterocycles. The van der Waals surface area contributed by atoms with Crippen molar-refractivity contribution in [3.05, 3.63) is 54.1 Å². The quantitative estimate of drug-likeness (QED) is 0.670. The fraction of sp³-hybridized carbons (Fsp3) is 0.353. The van der Waals surface area contributed by atoms with Crippen LogP contribution in [0.2, 0.25) is 0 Å². The molecule has 1 aromatic rings. The topological polar surface area (TPSA) is 32.3 Å². The lowest BCUT2D eigenvalue weighted by atomic mass is 10.1. The number of nitrogens with zero attached hydrogens (tertiary/aromatic N) is 1. The van der Waals surface area contributed by atoms with Crippen LogP contribution in [0.4, 0.5) is 14.5 Å². The average Bonchev–Trinajstić information content (AvgIpc) is 2.97. The molecule has 2 rings (SSSR count). The molecule has 1 amide bonds. The fourth-order valence-corrected chi connectivity index (χ4v) is 2.47. The Labute approximate surface area is 129 Å². The average molecular weight is 306 g/mol. The lowest BCUT2D eigenvalue weighted by Gasteiger charge is -2.19. The Kier molecular flexibility index (Phi) is 5.69. The zero-order valence-electron chi connectivity index (χ0n) is 12.6. The number of amides is 1. The first kappa shape index (κ1) is 16.2. The predicted molar refractivity (Wildman–Crippen MR) is 83.6 cm³/mol. The van der Waals surface area contributed by atoms with Gasteiger partial charge in [-0.05, 0) is 31.4 Å². The minimum absolute atomic E-state index is 0.121. The number of rotatable bonds is 5. The van der Waals surface area contributed by atoms with Crippen LogP contribution in [0.3, 0.4) is 0 Å². The third-order valence-corrected chi connectivity index (χ3v) is 3.67. The third-order valence-electron chi connectivity index (χ3n) is 3.67. The molecule has 0 spiro atoms. The molecule has 1 aliphatic rings. The lowest BCUT2D eigenvalue weighted by molar-refractivity contribution is -0.116. The van der Waals surface area contributed by atoms with Crippen LogP contribution in [0.15, 0.2) is 42.5 Å². The molecular formula is C17H20F2N2O. The molecule has 3 nitrogen and oxygen atoms in total. The van der Waals surface area contributed by atoms with Crippen LogP contribution in [0, 0.1) is 17.6 Å². The lowest BCUT2D eigenvalue weighted by Crippen LogP contribution is -2.29. The van der Waals surface area contributed by atoms with E-state index in [2.05, 4.69) is 5.32 Å². The van der Waals surface area contributed by atoms with E-state index in [1.54, 1.807) is 18.2 Å². The Morgan fingerprint density at radius 1 is 1.36 bits per heavy atom.